The fourth-order valence-electron chi connectivity index (χ4n) is 2.82. The van der Waals surface area contributed by atoms with Gasteiger partial charge in [-0.25, -0.2) is 4.39 Å². The van der Waals surface area contributed by atoms with Crippen molar-refractivity contribution in [3.63, 3.8) is 0 Å². The number of nitro groups is 1. The zero-order chi connectivity index (χ0) is 28.1. The number of alkyl halides is 12. The first-order valence-electron chi connectivity index (χ1n) is 8.73. The minimum atomic E-state index is -7.22. The van der Waals surface area contributed by atoms with E-state index in [1.807, 2.05) is 0 Å². The molecule has 0 aliphatic heterocycles. The molecule has 18 heteroatoms. The first-order valence-corrected chi connectivity index (χ1v) is 9.80. The summed E-state index contributed by atoms with van der Waals surface area (Å²) in [7, 11) is 0. The molecule has 1 N–H and O–H groups in total. The number of amides is 1. The van der Waals surface area contributed by atoms with E-state index in [9.17, 15) is 67.6 Å². The smallest absolute Gasteiger partial charge is 0.320 e. The van der Waals surface area contributed by atoms with Crippen LogP contribution in [-0.2, 0) is 11.8 Å². The van der Waals surface area contributed by atoms with Crippen LogP contribution in [0, 0.1) is 13.7 Å². The summed E-state index contributed by atoms with van der Waals surface area (Å²) in [4.78, 5) is 22.1. The van der Waals surface area contributed by atoms with Gasteiger partial charge < -0.3 is 5.32 Å². The lowest BCUT2D eigenvalue weighted by Crippen LogP contribution is -2.59. The van der Waals surface area contributed by atoms with Crippen molar-refractivity contribution < 1.29 is 62.4 Å². The zero-order valence-electron chi connectivity index (χ0n) is 16.5. The van der Waals surface area contributed by atoms with Crippen LogP contribution < -0.4 is 5.32 Å². The number of benzene rings is 2. The van der Waals surface area contributed by atoms with Gasteiger partial charge in [-0.15, -0.1) is 0 Å². The summed E-state index contributed by atoms with van der Waals surface area (Å²) in [5.41, 5.74) is -14.5. The maximum Gasteiger partial charge on any atom is 0.457 e. The number of carbonyl (C=O) groups excluding carboxylic acids is 1. The third kappa shape index (κ3) is 5.17. The van der Waals surface area contributed by atoms with Crippen molar-refractivity contribution in [2.24, 2.45) is 0 Å². The molecule has 0 aromatic heterocycles. The molecule has 2 aromatic rings. The number of nitro benzene ring substituents is 1. The van der Waals surface area contributed by atoms with E-state index in [1.54, 1.807) is 5.32 Å². The Kier molecular flexibility index (Phi) is 7.57. The quantitative estimate of drug-likeness (QED) is 0.158. The minimum Gasteiger partial charge on any atom is -0.320 e. The van der Waals surface area contributed by atoms with Gasteiger partial charge in [0.1, 0.15) is 0 Å². The Morgan fingerprint density at radius 1 is 0.861 bits per heavy atom. The number of carbonyl (C=O) groups is 1. The van der Waals surface area contributed by atoms with Crippen molar-refractivity contribution in [1.29, 1.82) is 0 Å². The summed E-state index contributed by atoms with van der Waals surface area (Å²) < 4.78 is 160. The lowest BCUT2D eigenvalue weighted by molar-refractivity contribution is -0.389. The van der Waals surface area contributed by atoms with Crippen molar-refractivity contribution in [3.8, 4) is 0 Å². The van der Waals surface area contributed by atoms with Crippen molar-refractivity contribution in [1.82, 2.24) is 0 Å². The largest absolute Gasteiger partial charge is 0.457 e. The zero-order valence-corrected chi connectivity index (χ0v) is 18.7. The summed E-state index contributed by atoms with van der Waals surface area (Å²) in [6.07, 6.45) is -20.0. The highest BCUT2D eigenvalue weighted by molar-refractivity contribution is 14.1. The molecule has 1 unspecified atom stereocenters. The highest BCUT2D eigenvalue weighted by Crippen LogP contribution is 2.59. The number of hydrogen-bond donors (Lipinski definition) is 1. The van der Waals surface area contributed by atoms with Gasteiger partial charge in [-0.3, -0.25) is 14.9 Å². The van der Waals surface area contributed by atoms with Crippen LogP contribution in [0.4, 0.5) is 64.1 Å². The van der Waals surface area contributed by atoms with E-state index in [4.69, 9.17) is 0 Å². The van der Waals surface area contributed by atoms with Crippen LogP contribution in [0.15, 0.2) is 36.4 Å². The van der Waals surface area contributed by atoms with Gasteiger partial charge in [-0.1, -0.05) is 6.07 Å². The molecule has 0 bridgehead atoms. The van der Waals surface area contributed by atoms with Crippen LogP contribution in [0.1, 0.15) is 21.5 Å². The van der Waals surface area contributed by atoms with Crippen molar-refractivity contribution in [3.05, 3.63) is 66.8 Å². The normalized spacial score (nSPS) is 14.8. The molecule has 2 aromatic carbocycles. The van der Waals surface area contributed by atoms with Crippen LogP contribution in [0.2, 0.25) is 0 Å². The molecule has 5 nitrogen and oxygen atoms in total. The maximum atomic E-state index is 14.7. The lowest BCUT2D eigenvalue weighted by Gasteiger charge is -2.36. The molecule has 0 spiro atoms. The molecule has 0 fully saturated rings. The summed E-state index contributed by atoms with van der Waals surface area (Å²) in [5, 5.41) is 12.3. The van der Waals surface area contributed by atoms with E-state index in [2.05, 4.69) is 0 Å². The third-order valence-corrected chi connectivity index (χ3v) is 5.38. The number of anilines is 1. The van der Waals surface area contributed by atoms with Gasteiger partial charge in [0.15, 0.2) is 0 Å². The average molecular weight is 654 g/mol. The second-order valence-electron chi connectivity index (χ2n) is 6.87. The fourth-order valence-corrected chi connectivity index (χ4v) is 3.58. The van der Waals surface area contributed by atoms with Gasteiger partial charge in [-0.2, -0.15) is 48.3 Å². The number of halogens is 13. The van der Waals surface area contributed by atoms with Crippen LogP contribution in [0.3, 0.4) is 0 Å². The van der Waals surface area contributed by atoms with E-state index in [1.165, 1.54) is 0 Å². The topological polar surface area (TPSA) is 72.2 Å². The minimum absolute atomic E-state index is 0.369. The van der Waals surface area contributed by atoms with Crippen LogP contribution in [-0.4, -0.2) is 29.1 Å². The second kappa shape index (κ2) is 9.25. The molecule has 2 rings (SSSR count). The lowest BCUT2D eigenvalue weighted by atomic mass is 9.86. The van der Waals surface area contributed by atoms with Crippen molar-refractivity contribution in [2.45, 2.75) is 30.1 Å². The number of nitrogens with zero attached hydrogens (tertiary/aromatic N) is 1. The van der Waals surface area contributed by atoms with Crippen LogP contribution >= 0.6 is 22.6 Å². The fraction of sp³-hybridized carbons (Fsp3) is 0.278. The predicted molar refractivity (Wildman–Crippen MR) is 105 cm³/mol. The molecule has 0 saturated heterocycles. The van der Waals surface area contributed by atoms with E-state index >= 15 is 0 Å². The van der Waals surface area contributed by atoms with Gasteiger partial charge >= 0.3 is 30.1 Å². The van der Waals surface area contributed by atoms with E-state index in [-0.39, 0.29) is 6.07 Å². The first-order chi connectivity index (χ1) is 16.1. The van der Waals surface area contributed by atoms with Crippen LogP contribution in [0.25, 0.3) is 0 Å². The van der Waals surface area contributed by atoms with Crippen LogP contribution in [0.5, 0.6) is 0 Å². The standard InChI is InChI=1S/C18H7F12IN2O3/c19-14(17(25,26)27,16(23,24)18(28,29)30)8-5-10(15(20,21)22)12(11(31)6-8)32-13(34)7-2-1-3-9(4-7)33(35)36/h1-6H,(H,32,34). The van der Waals surface area contributed by atoms with Gasteiger partial charge in [0, 0.05) is 26.8 Å². The predicted octanol–water partition coefficient (Wildman–Crippen LogP) is 7.40. The van der Waals surface area contributed by atoms with E-state index in [0.29, 0.717) is 6.07 Å². The summed E-state index contributed by atoms with van der Waals surface area (Å²) in [6.45, 7) is 0. The number of nitrogens with one attached hydrogen (secondary N) is 1. The molecule has 36 heavy (non-hydrogen) atoms. The SMILES string of the molecule is O=C(Nc1c(I)cc(C(F)(C(F)(F)F)C(F)(F)C(F)(F)F)cc1C(F)(F)F)c1cccc([N+](=O)[O-])c1. The molecule has 1 amide bonds. The Bertz CT molecular complexity index is 1190. The van der Waals surface area contributed by atoms with Gasteiger partial charge in [0.25, 0.3) is 11.6 Å². The van der Waals surface area contributed by atoms with E-state index in [0.717, 1.165) is 40.8 Å². The van der Waals surface area contributed by atoms with Gasteiger partial charge in [-0.05, 0) is 40.8 Å². The molecule has 0 radical (unpaired) electrons. The second-order valence-corrected chi connectivity index (χ2v) is 8.03. The highest BCUT2D eigenvalue weighted by Gasteiger charge is 2.81. The molecule has 0 aliphatic carbocycles. The Balaban J connectivity index is 2.76. The van der Waals surface area contributed by atoms with Gasteiger partial charge in [0.2, 0.25) is 0 Å². The number of rotatable bonds is 5. The summed E-state index contributed by atoms with van der Waals surface area (Å²) in [6, 6.07) is 2.03. The van der Waals surface area contributed by atoms with Crippen molar-refractivity contribution >= 4 is 39.9 Å². The number of non-ortho nitro benzene ring substituents is 1. The van der Waals surface area contributed by atoms with E-state index < -0.39 is 78.7 Å². The van der Waals surface area contributed by atoms with Gasteiger partial charge in [0.05, 0.1) is 16.2 Å². The first kappa shape index (κ1) is 29.4. The molecular formula is C18H7F12IN2O3. The monoisotopic (exact) mass is 654 g/mol. The molecular weight excluding hydrogens is 647 g/mol. The Hall–Kier alpha value is -2.80. The average Bonchev–Trinajstić information content (AvgIpc) is 2.71. The molecule has 1 atom stereocenters. The number of hydrogen-bond acceptors (Lipinski definition) is 3. The Morgan fingerprint density at radius 3 is 1.86 bits per heavy atom. The molecule has 0 saturated carbocycles. The van der Waals surface area contributed by atoms with Crippen molar-refractivity contribution in [2.75, 3.05) is 5.32 Å². The Labute approximate surface area is 204 Å². The Morgan fingerprint density at radius 2 is 1.42 bits per heavy atom. The summed E-state index contributed by atoms with van der Waals surface area (Å²) >= 11 is 0.756. The maximum absolute atomic E-state index is 14.7. The molecule has 198 valence electrons. The molecule has 0 aliphatic rings. The summed E-state index contributed by atoms with van der Waals surface area (Å²) in [5.74, 6) is -8.73. The third-order valence-electron chi connectivity index (χ3n) is 4.53. The molecule has 0 heterocycles. The highest BCUT2D eigenvalue weighted by atomic mass is 127.